The average molecular weight is 296 g/mol. The van der Waals surface area contributed by atoms with Gasteiger partial charge in [-0.1, -0.05) is 17.7 Å². The maximum Gasteiger partial charge on any atom is 0.251 e. The van der Waals surface area contributed by atoms with Gasteiger partial charge in [-0.2, -0.15) is 4.31 Å². The lowest BCUT2D eigenvalue weighted by Crippen LogP contribution is -2.42. The summed E-state index contributed by atoms with van der Waals surface area (Å²) in [6.07, 6.45) is 2.85. The second-order valence-electron chi connectivity index (χ2n) is 5.25. The van der Waals surface area contributed by atoms with E-state index in [0.717, 1.165) is 18.4 Å². The summed E-state index contributed by atoms with van der Waals surface area (Å²) in [5.41, 5.74) is 1.63. The van der Waals surface area contributed by atoms with Gasteiger partial charge in [-0.15, -0.1) is 0 Å². The van der Waals surface area contributed by atoms with E-state index in [9.17, 15) is 13.2 Å². The molecule has 1 N–H and O–H groups in total. The highest BCUT2D eigenvalue weighted by atomic mass is 32.2. The standard InChI is InChI=1S/C14H20N2O3S/c1-11-5-3-6-12(9-11)14(17)15-10-13-7-4-8-16(13)20(2,18)19/h3,5-6,9,13H,4,7-8,10H2,1-2H3,(H,15,17). The van der Waals surface area contributed by atoms with Crippen LogP contribution in [0.3, 0.4) is 0 Å². The third-order valence-corrected chi connectivity index (χ3v) is 4.86. The lowest BCUT2D eigenvalue weighted by atomic mass is 10.1. The van der Waals surface area contributed by atoms with Gasteiger partial charge in [0.05, 0.1) is 6.26 Å². The predicted molar refractivity (Wildman–Crippen MR) is 78.1 cm³/mol. The smallest absolute Gasteiger partial charge is 0.251 e. The minimum atomic E-state index is -3.19. The minimum Gasteiger partial charge on any atom is -0.350 e. The van der Waals surface area contributed by atoms with Crippen molar-refractivity contribution in [3.8, 4) is 0 Å². The zero-order valence-electron chi connectivity index (χ0n) is 11.8. The van der Waals surface area contributed by atoms with Crippen LogP contribution in [0, 0.1) is 6.92 Å². The molecule has 1 aromatic carbocycles. The summed E-state index contributed by atoms with van der Waals surface area (Å²) in [4.78, 5) is 12.0. The Morgan fingerprint density at radius 3 is 2.85 bits per heavy atom. The number of carbonyl (C=O) groups excluding carboxylic acids is 1. The van der Waals surface area contributed by atoms with Crippen molar-refractivity contribution in [1.82, 2.24) is 9.62 Å². The van der Waals surface area contributed by atoms with Crippen molar-refractivity contribution in [3.05, 3.63) is 35.4 Å². The highest BCUT2D eigenvalue weighted by molar-refractivity contribution is 7.88. The van der Waals surface area contributed by atoms with Crippen molar-refractivity contribution >= 4 is 15.9 Å². The first-order chi connectivity index (χ1) is 9.38. The van der Waals surface area contributed by atoms with Crippen molar-refractivity contribution in [2.75, 3.05) is 19.3 Å². The molecule has 5 nitrogen and oxygen atoms in total. The largest absolute Gasteiger partial charge is 0.350 e. The molecule has 20 heavy (non-hydrogen) atoms. The Hall–Kier alpha value is -1.40. The highest BCUT2D eigenvalue weighted by Gasteiger charge is 2.31. The fourth-order valence-corrected chi connectivity index (χ4v) is 3.73. The SMILES string of the molecule is Cc1cccc(C(=O)NCC2CCCN2S(C)(=O)=O)c1. The Kier molecular flexibility index (Phi) is 4.45. The summed E-state index contributed by atoms with van der Waals surface area (Å²) in [5.74, 6) is -0.158. The molecular formula is C14H20N2O3S. The van der Waals surface area contributed by atoms with E-state index >= 15 is 0 Å². The van der Waals surface area contributed by atoms with Gasteiger partial charge in [-0.3, -0.25) is 4.79 Å². The van der Waals surface area contributed by atoms with Crippen molar-refractivity contribution in [2.45, 2.75) is 25.8 Å². The van der Waals surface area contributed by atoms with E-state index < -0.39 is 10.0 Å². The average Bonchev–Trinajstić information content (AvgIpc) is 2.84. The molecular weight excluding hydrogens is 276 g/mol. The van der Waals surface area contributed by atoms with E-state index in [1.54, 1.807) is 6.07 Å². The highest BCUT2D eigenvalue weighted by Crippen LogP contribution is 2.19. The second kappa shape index (κ2) is 5.93. The van der Waals surface area contributed by atoms with Crippen LogP contribution in [0.15, 0.2) is 24.3 Å². The number of hydrogen-bond donors (Lipinski definition) is 1. The van der Waals surface area contributed by atoms with Crippen LogP contribution in [-0.4, -0.2) is 44.0 Å². The summed E-state index contributed by atoms with van der Waals surface area (Å²) in [6.45, 7) is 2.84. The second-order valence-corrected chi connectivity index (χ2v) is 7.18. The van der Waals surface area contributed by atoms with Gasteiger partial charge in [0.2, 0.25) is 10.0 Å². The summed E-state index contributed by atoms with van der Waals surface area (Å²) < 4.78 is 24.7. The van der Waals surface area contributed by atoms with E-state index in [-0.39, 0.29) is 11.9 Å². The molecule has 1 aliphatic rings. The summed E-state index contributed by atoms with van der Waals surface area (Å²) in [5, 5.41) is 2.83. The van der Waals surface area contributed by atoms with Crippen LogP contribution in [0.4, 0.5) is 0 Å². The molecule has 0 aliphatic carbocycles. The van der Waals surface area contributed by atoms with Gasteiger partial charge >= 0.3 is 0 Å². The number of amides is 1. The number of hydrogen-bond acceptors (Lipinski definition) is 3. The van der Waals surface area contributed by atoms with Crippen molar-refractivity contribution in [3.63, 3.8) is 0 Å². The summed E-state index contributed by atoms with van der Waals surface area (Å²) in [7, 11) is -3.19. The zero-order chi connectivity index (χ0) is 14.8. The lowest BCUT2D eigenvalue weighted by molar-refractivity contribution is 0.0946. The number of benzene rings is 1. The molecule has 0 aromatic heterocycles. The molecule has 2 rings (SSSR count). The molecule has 110 valence electrons. The van der Waals surface area contributed by atoms with E-state index in [0.29, 0.717) is 18.7 Å². The Morgan fingerprint density at radius 1 is 1.45 bits per heavy atom. The molecule has 1 aromatic rings. The lowest BCUT2D eigenvalue weighted by Gasteiger charge is -2.22. The number of rotatable bonds is 4. The van der Waals surface area contributed by atoms with Gasteiger partial charge in [-0.05, 0) is 31.9 Å². The van der Waals surface area contributed by atoms with Crippen LogP contribution in [-0.2, 0) is 10.0 Å². The molecule has 1 fully saturated rings. The molecule has 1 heterocycles. The Morgan fingerprint density at radius 2 is 2.20 bits per heavy atom. The van der Waals surface area contributed by atoms with Gasteiger partial charge in [0.1, 0.15) is 0 Å². The van der Waals surface area contributed by atoms with Crippen molar-refractivity contribution < 1.29 is 13.2 Å². The maximum absolute atomic E-state index is 12.0. The van der Waals surface area contributed by atoms with Crippen molar-refractivity contribution in [1.29, 1.82) is 0 Å². The molecule has 0 spiro atoms. The Bertz CT molecular complexity index is 598. The van der Waals surface area contributed by atoms with Gasteiger partial charge in [0, 0.05) is 24.7 Å². The van der Waals surface area contributed by atoms with Crippen LogP contribution in [0.2, 0.25) is 0 Å². The quantitative estimate of drug-likeness (QED) is 0.906. The molecule has 1 aliphatic heterocycles. The minimum absolute atomic E-state index is 0.126. The zero-order valence-corrected chi connectivity index (χ0v) is 12.6. The number of aryl methyl sites for hydroxylation is 1. The monoisotopic (exact) mass is 296 g/mol. The van der Waals surface area contributed by atoms with Crippen LogP contribution in [0.25, 0.3) is 0 Å². The van der Waals surface area contributed by atoms with E-state index in [1.807, 2.05) is 25.1 Å². The van der Waals surface area contributed by atoms with E-state index in [1.165, 1.54) is 10.6 Å². The van der Waals surface area contributed by atoms with E-state index in [4.69, 9.17) is 0 Å². The van der Waals surface area contributed by atoms with Crippen LogP contribution < -0.4 is 5.32 Å². The van der Waals surface area contributed by atoms with Gasteiger partial charge < -0.3 is 5.32 Å². The molecule has 1 atom stereocenters. The van der Waals surface area contributed by atoms with Gasteiger partial charge in [0.25, 0.3) is 5.91 Å². The molecule has 6 heteroatoms. The first kappa shape index (κ1) is 15.0. The van der Waals surface area contributed by atoms with Crippen molar-refractivity contribution in [2.24, 2.45) is 0 Å². The molecule has 1 saturated heterocycles. The van der Waals surface area contributed by atoms with Gasteiger partial charge in [0.15, 0.2) is 0 Å². The van der Waals surface area contributed by atoms with Crippen LogP contribution in [0.5, 0.6) is 0 Å². The third-order valence-electron chi connectivity index (χ3n) is 3.53. The third kappa shape index (κ3) is 3.58. The first-order valence-electron chi connectivity index (χ1n) is 6.69. The summed E-state index contributed by atoms with van der Waals surface area (Å²) >= 11 is 0. The molecule has 0 radical (unpaired) electrons. The first-order valence-corrected chi connectivity index (χ1v) is 8.54. The van der Waals surface area contributed by atoms with Crippen LogP contribution >= 0.6 is 0 Å². The number of sulfonamides is 1. The van der Waals surface area contributed by atoms with Crippen LogP contribution in [0.1, 0.15) is 28.8 Å². The Balaban J connectivity index is 1.97. The molecule has 1 unspecified atom stereocenters. The molecule has 0 saturated carbocycles. The van der Waals surface area contributed by atoms with E-state index in [2.05, 4.69) is 5.32 Å². The molecule has 1 amide bonds. The topological polar surface area (TPSA) is 66.5 Å². The maximum atomic E-state index is 12.0. The molecule has 0 bridgehead atoms. The van der Waals surface area contributed by atoms with Gasteiger partial charge in [-0.25, -0.2) is 8.42 Å². The number of carbonyl (C=O) groups is 1. The predicted octanol–water partition coefficient (Wildman–Crippen LogP) is 1.15. The Labute approximate surface area is 120 Å². The number of nitrogens with zero attached hydrogens (tertiary/aromatic N) is 1. The normalized spacial score (nSPS) is 20.0. The fourth-order valence-electron chi connectivity index (χ4n) is 2.55. The fraction of sp³-hybridized carbons (Fsp3) is 0.500. The summed E-state index contributed by atoms with van der Waals surface area (Å²) in [6, 6.07) is 7.21. The number of nitrogens with one attached hydrogen (secondary N) is 1.